The molecule has 132 valence electrons. The molecule has 0 amide bonds. The average molecular weight is 395 g/mol. The zero-order valence-corrected chi connectivity index (χ0v) is 15.7. The van der Waals surface area contributed by atoms with Gasteiger partial charge in [-0.3, -0.25) is 9.69 Å². The Labute approximate surface area is 155 Å². The Morgan fingerprint density at radius 3 is 2.54 bits per heavy atom. The summed E-state index contributed by atoms with van der Waals surface area (Å²) in [6.07, 6.45) is 2.74. The van der Waals surface area contributed by atoms with Crippen molar-refractivity contribution in [1.82, 2.24) is 4.90 Å². The lowest BCUT2D eigenvalue weighted by Gasteiger charge is -2.30. The molecular weight excluding hydrogens is 377 g/mol. The van der Waals surface area contributed by atoms with Crippen molar-refractivity contribution in [3.8, 4) is 11.5 Å². The van der Waals surface area contributed by atoms with E-state index in [2.05, 4.69) is 0 Å². The van der Waals surface area contributed by atoms with Crippen molar-refractivity contribution in [1.29, 1.82) is 0 Å². The van der Waals surface area contributed by atoms with E-state index in [1.807, 2.05) is 11.9 Å². The number of likely N-dealkylation sites (N-methyl/N-ethyl adjacent to an activating group) is 1. The van der Waals surface area contributed by atoms with Gasteiger partial charge in [-0.15, -0.1) is 11.6 Å². The van der Waals surface area contributed by atoms with Crippen LogP contribution in [-0.2, 0) is 4.79 Å². The molecule has 0 aromatic heterocycles. The van der Waals surface area contributed by atoms with Gasteiger partial charge in [0.2, 0.25) is 0 Å². The molecule has 0 spiro atoms. The number of carbonyl (C=O) groups excluding carboxylic acids is 2. The smallest absolute Gasteiger partial charge is 0.328 e. The molecule has 1 aliphatic rings. The first kappa shape index (κ1) is 19.3. The predicted molar refractivity (Wildman–Crippen MR) is 94.0 cm³/mol. The molecule has 1 aromatic carbocycles. The van der Waals surface area contributed by atoms with Crippen molar-refractivity contribution in [2.75, 3.05) is 26.6 Å². The number of benzene rings is 1. The van der Waals surface area contributed by atoms with Crippen LogP contribution >= 0.6 is 34.8 Å². The Hall–Kier alpha value is -1.01. The van der Waals surface area contributed by atoms with Crippen LogP contribution in [0, 0.1) is 0 Å². The zero-order chi connectivity index (χ0) is 17.9. The van der Waals surface area contributed by atoms with Crippen LogP contribution in [0.5, 0.6) is 11.5 Å². The highest BCUT2D eigenvalue weighted by Crippen LogP contribution is 2.41. The third-order valence-electron chi connectivity index (χ3n) is 4.01. The summed E-state index contributed by atoms with van der Waals surface area (Å²) in [5, 5.41) is -0.0563. The quantitative estimate of drug-likeness (QED) is 0.329. The van der Waals surface area contributed by atoms with Gasteiger partial charge in [-0.1, -0.05) is 29.6 Å². The minimum Gasteiger partial charge on any atom is -0.496 e. The molecule has 1 atom stereocenters. The number of halogens is 3. The number of ketones is 1. The van der Waals surface area contributed by atoms with E-state index >= 15 is 0 Å². The molecule has 1 unspecified atom stereocenters. The topological polar surface area (TPSA) is 55.8 Å². The Morgan fingerprint density at radius 1 is 1.25 bits per heavy atom. The second-order valence-corrected chi connectivity index (χ2v) is 6.57. The number of Topliss-reactive ketones (excluding diaryl/α,β-unsaturated/α-hetero) is 1. The molecular formula is C16H18Cl3NO4. The second kappa shape index (κ2) is 8.39. The third-order valence-corrected chi connectivity index (χ3v) is 5.10. The Bertz CT molecular complexity index is 651. The fraction of sp³-hybridized carbons (Fsp3) is 0.500. The van der Waals surface area contributed by atoms with Crippen molar-refractivity contribution in [2.24, 2.45) is 0 Å². The summed E-state index contributed by atoms with van der Waals surface area (Å²) >= 11 is 17.9. The highest BCUT2D eigenvalue weighted by atomic mass is 35.5. The Balaban J connectivity index is 2.32. The molecule has 0 radical (unpaired) electrons. The molecule has 5 nitrogen and oxygen atoms in total. The van der Waals surface area contributed by atoms with Gasteiger partial charge < -0.3 is 9.47 Å². The van der Waals surface area contributed by atoms with Crippen LogP contribution in [0.1, 0.15) is 29.6 Å². The van der Waals surface area contributed by atoms with Gasteiger partial charge in [-0.05, 0) is 26.4 Å². The maximum atomic E-state index is 12.4. The molecule has 0 bridgehead atoms. The molecule has 0 saturated carbocycles. The predicted octanol–water partition coefficient (Wildman–Crippen LogP) is 3.81. The number of methoxy groups -OCH3 is 1. The van der Waals surface area contributed by atoms with E-state index in [-0.39, 0.29) is 39.0 Å². The van der Waals surface area contributed by atoms with E-state index in [0.29, 0.717) is 0 Å². The largest absolute Gasteiger partial charge is 0.496 e. The van der Waals surface area contributed by atoms with Crippen LogP contribution in [0.25, 0.3) is 0 Å². The van der Waals surface area contributed by atoms with Crippen LogP contribution in [0.15, 0.2) is 6.07 Å². The highest BCUT2D eigenvalue weighted by molar-refractivity contribution is 6.46. The van der Waals surface area contributed by atoms with Crippen molar-refractivity contribution in [3.05, 3.63) is 21.7 Å². The number of carbonyl (C=O) groups is 2. The summed E-state index contributed by atoms with van der Waals surface area (Å²) in [5.74, 6) is -0.874. The van der Waals surface area contributed by atoms with Gasteiger partial charge in [0.05, 0.1) is 23.6 Å². The number of likely N-dealkylation sites (tertiary alicyclic amines) is 1. The Kier molecular flexibility index (Phi) is 6.75. The maximum Gasteiger partial charge on any atom is 0.328 e. The van der Waals surface area contributed by atoms with Gasteiger partial charge in [-0.2, -0.15) is 0 Å². The number of rotatable bonds is 5. The first-order valence-electron chi connectivity index (χ1n) is 7.47. The van der Waals surface area contributed by atoms with Gasteiger partial charge in [0.15, 0.2) is 11.5 Å². The summed E-state index contributed by atoms with van der Waals surface area (Å²) in [5.41, 5.74) is 0.0775. The summed E-state index contributed by atoms with van der Waals surface area (Å²) in [6, 6.07) is 1.05. The molecule has 8 heteroatoms. The lowest BCUT2D eigenvalue weighted by Crippen LogP contribution is -2.44. The van der Waals surface area contributed by atoms with Crippen molar-refractivity contribution in [3.63, 3.8) is 0 Å². The van der Waals surface area contributed by atoms with E-state index in [9.17, 15) is 9.59 Å². The molecule has 0 aliphatic carbocycles. The van der Waals surface area contributed by atoms with Gasteiger partial charge in [-0.25, -0.2) is 4.79 Å². The summed E-state index contributed by atoms with van der Waals surface area (Å²) in [6.45, 7) is 0.834. The molecule has 24 heavy (non-hydrogen) atoms. The fourth-order valence-electron chi connectivity index (χ4n) is 2.69. The van der Waals surface area contributed by atoms with Gasteiger partial charge >= 0.3 is 5.97 Å². The number of hydrogen-bond donors (Lipinski definition) is 0. The molecule has 1 aliphatic heterocycles. The monoisotopic (exact) mass is 393 g/mol. The minimum absolute atomic E-state index is 0.0160. The van der Waals surface area contributed by atoms with E-state index in [1.165, 1.54) is 13.2 Å². The lowest BCUT2D eigenvalue weighted by molar-refractivity contribution is -0.141. The number of nitrogens with zero attached hydrogens (tertiary/aromatic N) is 1. The van der Waals surface area contributed by atoms with Gasteiger partial charge in [0.1, 0.15) is 16.8 Å². The molecule has 0 N–H and O–H groups in total. The number of esters is 1. The molecule has 1 saturated heterocycles. The van der Waals surface area contributed by atoms with Gasteiger partial charge in [0, 0.05) is 6.07 Å². The summed E-state index contributed by atoms with van der Waals surface area (Å²) in [7, 11) is 3.26. The van der Waals surface area contributed by atoms with Gasteiger partial charge in [0.25, 0.3) is 0 Å². The molecule has 1 heterocycles. The SMILES string of the molecule is COc1cc(OC(=O)C2CCCCN2C)c(Cl)c(Cl)c1C(=O)CCl. The van der Waals surface area contributed by atoms with E-state index in [4.69, 9.17) is 44.3 Å². The zero-order valence-electron chi connectivity index (χ0n) is 13.4. The summed E-state index contributed by atoms with van der Waals surface area (Å²) < 4.78 is 10.6. The summed E-state index contributed by atoms with van der Waals surface area (Å²) in [4.78, 5) is 26.3. The van der Waals surface area contributed by atoms with Crippen LogP contribution in [0.4, 0.5) is 0 Å². The molecule has 1 aromatic rings. The number of ether oxygens (including phenoxy) is 2. The average Bonchev–Trinajstić information content (AvgIpc) is 2.58. The first-order valence-corrected chi connectivity index (χ1v) is 8.76. The van der Waals surface area contributed by atoms with Crippen molar-refractivity contribution >= 4 is 46.6 Å². The van der Waals surface area contributed by atoms with Crippen LogP contribution in [-0.4, -0.2) is 49.3 Å². The van der Waals surface area contributed by atoms with Crippen molar-refractivity contribution in [2.45, 2.75) is 25.3 Å². The van der Waals surface area contributed by atoms with E-state index < -0.39 is 11.8 Å². The third kappa shape index (κ3) is 3.97. The maximum absolute atomic E-state index is 12.4. The van der Waals surface area contributed by atoms with Crippen LogP contribution < -0.4 is 9.47 Å². The van der Waals surface area contributed by atoms with Crippen LogP contribution in [0.2, 0.25) is 10.0 Å². The minimum atomic E-state index is -0.426. The van der Waals surface area contributed by atoms with Crippen molar-refractivity contribution < 1.29 is 19.1 Å². The second-order valence-electron chi connectivity index (χ2n) is 5.55. The molecule has 1 fully saturated rings. The first-order chi connectivity index (χ1) is 11.4. The number of piperidine rings is 1. The number of hydrogen-bond acceptors (Lipinski definition) is 5. The molecule has 2 rings (SSSR count). The van der Waals surface area contributed by atoms with E-state index in [1.54, 1.807) is 0 Å². The van der Waals surface area contributed by atoms with Crippen LogP contribution in [0.3, 0.4) is 0 Å². The van der Waals surface area contributed by atoms with E-state index in [0.717, 1.165) is 25.8 Å². The lowest BCUT2D eigenvalue weighted by atomic mass is 10.0. The Morgan fingerprint density at radius 2 is 1.96 bits per heavy atom. The number of alkyl halides is 1. The highest BCUT2D eigenvalue weighted by Gasteiger charge is 2.29. The standard InChI is InChI=1S/C16H18Cl3NO4/c1-20-6-4-3-5-9(20)16(22)24-12-7-11(23-2)13(10(21)8-17)15(19)14(12)18/h7,9H,3-6,8H2,1-2H3. The fourth-order valence-corrected chi connectivity index (χ4v) is 3.30. The normalized spacial score (nSPS) is 18.3.